The van der Waals surface area contributed by atoms with Crippen molar-refractivity contribution >= 4 is 50.9 Å². The summed E-state index contributed by atoms with van der Waals surface area (Å²) >= 11 is 5.88. The lowest BCUT2D eigenvalue weighted by atomic mass is 10.1. The van der Waals surface area contributed by atoms with E-state index < -0.39 is 21.9 Å². The van der Waals surface area contributed by atoms with Gasteiger partial charge in [-0.05, 0) is 35.9 Å². The second kappa shape index (κ2) is 10.4. The lowest BCUT2D eigenvalue weighted by Gasteiger charge is -2.11. The first-order valence-corrected chi connectivity index (χ1v) is 11.4. The molecule has 0 saturated heterocycles. The van der Waals surface area contributed by atoms with Crippen LogP contribution in [0.1, 0.15) is 5.56 Å². The zero-order chi connectivity index (χ0) is 24.0. The van der Waals surface area contributed by atoms with Crippen molar-refractivity contribution < 1.29 is 22.3 Å². The van der Waals surface area contributed by atoms with Gasteiger partial charge in [0.15, 0.2) is 11.6 Å². The third-order valence-electron chi connectivity index (χ3n) is 4.28. The first-order valence-electron chi connectivity index (χ1n) is 9.48. The monoisotopic (exact) mass is 494 g/mol. The maximum absolute atomic E-state index is 14.2. The maximum atomic E-state index is 14.2. The average molecular weight is 495 g/mol. The number of amides is 1. The molecule has 3 aromatic rings. The van der Waals surface area contributed by atoms with Crippen LogP contribution in [-0.2, 0) is 21.2 Å². The summed E-state index contributed by atoms with van der Waals surface area (Å²) in [7, 11) is -2.55. The van der Waals surface area contributed by atoms with Crippen LogP contribution in [0.4, 0.5) is 32.3 Å². The summed E-state index contributed by atoms with van der Waals surface area (Å²) in [4.78, 5) is 18.8. The Balaban J connectivity index is 1.70. The molecule has 0 unspecified atom stereocenters. The van der Waals surface area contributed by atoms with Gasteiger partial charge in [0.25, 0.3) is 0 Å². The molecule has 0 saturated carbocycles. The molecular weight excluding hydrogens is 475 g/mol. The molecule has 0 bridgehead atoms. The number of carbonyl (C=O) groups is 1. The average Bonchev–Trinajstić information content (AvgIpc) is 2.77. The zero-order valence-electron chi connectivity index (χ0n) is 17.3. The van der Waals surface area contributed by atoms with Gasteiger partial charge in [-0.3, -0.25) is 0 Å². The lowest BCUT2D eigenvalue weighted by molar-refractivity contribution is 0.150. The second-order valence-corrected chi connectivity index (χ2v) is 8.60. The third-order valence-corrected chi connectivity index (χ3v) is 5.68. The number of rotatable bonds is 8. The highest BCUT2D eigenvalue weighted by atomic mass is 35.5. The van der Waals surface area contributed by atoms with E-state index in [1.807, 2.05) is 0 Å². The van der Waals surface area contributed by atoms with Crippen molar-refractivity contribution in [1.29, 1.82) is 0 Å². The van der Waals surface area contributed by atoms with Crippen LogP contribution in [0.2, 0.25) is 5.02 Å². The van der Waals surface area contributed by atoms with Gasteiger partial charge < -0.3 is 20.7 Å². The van der Waals surface area contributed by atoms with Crippen LogP contribution in [-0.4, -0.2) is 38.1 Å². The van der Waals surface area contributed by atoms with Gasteiger partial charge in [-0.1, -0.05) is 23.7 Å². The van der Waals surface area contributed by atoms with Crippen LogP contribution in [0.25, 0.3) is 0 Å². The van der Waals surface area contributed by atoms with Gasteiger partial charge in [0.2, 0.25) is 16.0 Å². The Kier molecular flexibility index (Phi) is 7.63. The minimum atomic E-state index is -4.03. The van der Waals surface area contributed by atoms with Gasteiger partial charge in [-0.2, -0.15) is 4.98 Å². The molecule has 0 aliphatic carbocycles. The van der Waals surface area contributed by atoms with Crippen molar-refractivity contribution in [3.05, 3.63) is 65.1 Å². The summed E-state index contributed by atoms with van der Waals surface area (Å²) in [6.45, 7) is 0.222. The molecule has 3 rings (SSSR count). The normalized spacial score (nSPS) is 11.0. The van der Waals surface area contributed by atoms with Gasteiger partial charge >= 0.3 is 6.09 Å². The molecule has 10 nitrogen and oxygen atoms in total. The Bertz CT molecular complexity index is 1260. The Morgan fingerprint density at radius 3 is 2.52 bits per heavy atom. The van der Waals surface area contributed by atoms with Gasteiger partial charge in [0.1, 0.15) is 4.90 Å². The van der Waals surface area contributed by atoms with E-state index in [-0.39, 0.29) is 28.3 Å². The molecule has 13 heteroatoms. The van der Waals surface area contributed by atoms with Crippen LogP contribution in [0.3, 0.4) is 0 Å². The predicted octanol–water partition coefficient (Wildman–Crippen LogP) is 3.30. The van der Waals surface area contributed by atoms with E-state index in [0.717, 1.165) is 11.8 Å². The lowest BCUT2D eigenvalue weighted by Crippen LogP contribution is -2.20. The second-order valence-electron chi connectivity index (χ2n) is 6.66. The highest BCUT2D eigenvalue weighted by Gasteiger charge is 2.15. The molecule has 1 heterocycles. The molecule has 0 atom stereocenters. The van der Waals surface area contributed by atoms with E-state index >= 15 is 0 Å². The molecule has 1 amide bonds. The summed E-state index contributed by atoms with van der Waals surface area (Å²) in [6, 6.07) is 11.1. The molecule has 0 spiro atoms. The van der Waals surface area contributed by atoms with Crippen molar-refractivity contribution in [2.45, 2.75) is 11.3 Å². The molecule has 2 aromatic carbocycles. The van der Waals surface area contributed by atoms with Crippen molar-refractivity contribution in [3.8, 4) is 0 Å². The van der Waals surface area contributed by atoms with E-state index in [4.69, 9.17) is 21.5 Å². The molecule has 0 radical (unpaired) electrons. The van der Waals surface area contributed by atoms with Crippen LogP contribution in [0, 0.1) is 5.82 Å². The zero-order valence-corrected chi connectivity index (χ0v) is 18.9. The number of anilines is 4. The number of nitrogens with one attached hydrogen (secondary N) is 3. The summed E-state index contributed by atoms with van der Waals surface area (Å²) in [5.41, 5.74) is 1.78. The fourth-order valence-corrected chi connectivity index (χ4v) is 3.74. The molecule has 0 fully saturated rings. The van der Waals surface area contributed by atoms with Crippen LogP contribution in [0.5, 0.6) is 0 Å². The molecule has 1 aromatic heterocycles. The number of nitrogens with zero attached hydrogens (tertiary/aromatic N) is 2. The number of halogens is 2. The van der Waals surface area contributed by atoms with E-state index in [1.165, 1.54) is 25.2 Å². The third kappa shape index (κ3) is 6.75. The summed E-state index contributed by atoms with van der Waals surface area (Å²) < 4.78 is 42.5. The summed E-state index contributed by atoms with van der Waals surface area (Å²) in [6.07, 6.45) is 0.987. The van der Waals surface area contributed by atoms with E-state index in [1.54, 1.807) is 24.3 Å². The number of benzene rings is 2. The SMILES string of the molecule is CNC(=O)OCCc1ccc(Nc2nc(Nc3ccc(Cl)c(S(N)(=O)=O)c3)ncc2F)cc1. The highest BCUT2D eigenvalue weighted by Crippen LogP contribution is 2.26. The smallest absolute Gasteiger partial charge is 0.406 e. The summed E-state index contributed by atoms with van der Waals surface area (Å²) in [5.74, 6) is -0.765. The maximum Gasteiger partial charge on any atom is 0.406 e. The molecular formula is C20H20ClFN6O4S. The molecule has 33 heavy (non-hydrogen) atoms. The number of carbonyl (C=O) groups excluding carboxylic acids is 1. The van der Waals surface area contributed by atoms with E-state index in [2.05, 4.69) is 25.9 Å². The first kappa shape index (κ1) is 24.2. The number of sulfonamides is 1. The first-order chi connectivity index (χ1) is 15.7. The van der Waals surface area contributed by atoms with Crippen molar-refractivity contribution in [2.24, 2.45) is 5.14 Å². The number of nitrogens with two attached hydrogens (primary N) is 1. The van der Waals surface area contributed by atoms with Crippen LogP contribution in [0.15, 0.2) is 53.6 Å². The predicted molar refractivity (Wildman–Crippen MR) is 122 cm³/mol. The minimum absolute atomic E-state index is 0.0181. The number of primary sulfonamides is 1. The highest BCUT2D eigenvalue weighted by molar-refractivity contribution is 7.89. The molecule has 174 valence electrons. The molecule has 0 aliphatic rings. The fourth-order valence-electron chi connectivity index (χ4n) is 2.67. The fraction of sp³-hybridized carbons (Fsp3) is 0.150. The van der Waals surface area contributed by atoms with E-state index in [0.29, 0.717) is 17.8 Å². The number of hydrogen-bond donors (Lipinski definition) is 4. The Labute approximate surface area is 194 Å². The van der Waals surface area contributed by atoms with Gasteiger partial charge in [0, 0.05) is 24.8 Å². The van der Waals surface area contributed by atoms with Crippen molar-refractivity contribution in [2.75, 3.05) is 24.3 Å². The minimum Gasteiger partial charge on any atom is -0.449 e. The van der Waals surface area contributed by atoms with Crippen molar-refractivity contribution in [1.82, 2.24) is 15.3 Å². The van der Waals surface area contributed by atoms with Crippen LogP contribution >= 0.6 is 11.6 Å². The number of hydrogen-bond acceptors (Lipinski definition) is 8. The standard InChI is InChI=1S/C20H20ClFN6O4S/c1-24-20(29)32-9-8-12-2-4-13(5-3-12)26-18-16(22)11-25-19(28-18)27-14-6-7-15(21)17(10-14)33(23,30)31/h2-7,10-11H,8-9H2,1H3,(H,24,29)(H2,23,30,31)(H2,25,26,27,28). The Morgan fingerprint density at radius 1 is 1.15 bits per heavy atom. The molecule has 5 N–H and O–H groups in total. The largest absolute Gasteiger partial charge is 0.449 e. The Hall–Kier alpha value is -3.48. The molecule has 0 aliphatic heterocycles. The number of aromatic nitrogens is 2. The van der Waals surface area contributed by atoms with Gasteiger partial charge in [-0.25, -0.2) is 27.7 Å². The van der Waals surface area contributed by atoms with Crippen LogP contribution < -0.4 is 21.1 Å². The summed E-state index contributed by atoms with van der Waals surface area (Å²) in [5, 5.41) is 13.1. The van der Waals surface area contributed by atoms with Gasteiger partial charge in [-0.15, -0.1) is 0 Å². The Morgan fingerprint density at radius 2 is 1.85 bits per heavy atom. The number of ether oxygens (including phenoxy) is 1. The number of alkyl carbamates (subject to hydrolysis) is 1. The quantitative estimate of drug-likeness (QED) is 0.372. The topological polar surface area (TPSA) is 148 Å². The van der Waals surface area contributed by atoms with Crippen molar-refractivity contribution in [3.63, 3.8) is 0 Å². The van der Waals surface area contributed by atoms with E-state index in [9.17, 15) is 17.6 Å². The van der Waals surface area contributed by atoms with Gasteiger partial charge in [0.05, 0.1) is 17.8 Å².